The molecule has 1 nitrogen and oxygen atoms in total. The smallest absolute Gasteiger partial charge is 0.0769 e. The van der Waals surface area contributed by atoms with Gasteiger partial charge in [-0.05, 0) is 30.7 Å². The highest BCUT2D eigenvalue weighted by Gasteiger charge is 2.11. The zero-order valence-corrected chi connectivity index (χ0v) is 20.0. The summed E-state index contributed by atoms with van der Waals surface area (Å²) in [5.74, 6) is 0.867. The van der Waals surface area contributed by atoms with Crippen molar-refractivity contribution in [2.24, 2.45) is 5.92 Å². The van der Waals surface area contributed by atoms with Gasteiger partial charge in [-0.25, -0.2) is 0 Å². The Labute approximate surface area is 181 Å². The summed E-state index contributed by atoms with van der Waals surface area (Å²) in [6.45, 7) is 3.60. The van der Waals surface area contributed by atoms with Gasteiger partial charge < -0.3 is 21.9 Å². The molecule has 0 aliphatic rings. The normalized spacial score (nSPS) is 12.1. The molecule has 1 aromatic rings. The van der Waals surface area contributed by atoms with Crippen molar-refractivity contribution in [2.45, 2.75) is 96.8 Å². The van der Waals surface area contributed by atoms with E-state index >= 15 is 0 Å². The lowest BCUT2D eigenvalue weighted by atomic mass is 9.90. The SMILES string of the molecule is CCCCCCCCCCCCCC(CC[NH+](C)C)Cc1ccccc1.[Br-]. The minimum absolute atomic E-state index is 0. The van der Waals surface area contributed by atoms with Crippen LogP contribution >= 0.6 is 0 Å². The van der Waals surface area contributed by atoms with Crippen LogP contribution in [-0.4, -0.2) is 20.6 Å². The topological polar surface area (TPSA) is 4.44 Å². The van der Waals surface area contributed by atoms with Crippen LogP contribution in [0.25, 0.3) is 0 Å². The van der Waals surface area contributed by atoms with Crippen LogP contribution in [0.4, 0.5) is 0 Å². The molecule has 0 aliphatic carbocycles. The van der Waals surface area contributed by atoms with E-state index in [0.29, 0.717) is 0 Å². The molecule has 0 fully saturated rings. The van der Waals surface area contributed by atoms with E-state index in [0.717, 1.165) is 5.92 Å². The first kappa shape index (κ1) is 26.7. The molecule has 1 rings (SSSR count). The van der Waals surface area contributed by atoms with Crippen molar-refractivity contribution in [1.82, 2.24) is 0 Å². The molecule has 158 valence electrons. The van der Waals surface area contributed by atoms with Crippen molar-refractivity contribution in [3.63, 3.8) is 0 Å². The lowest BCUT2D eigenvalue weighted by molar-refractivity contribution is -0.858. The predicted molar refractivity (Wildman–Crippen MR) is 117 cm³/mol. The number of unbranched alkanes of at least 4 members (excludes halogenated alkanes) is 10. The van der Waals surface area contributed by atoms with Crippen LogP contribution in [0.2, 0.25) is 0 Å². The summed E-state index contributed by atoms with van der Waals surface area (Å²) in [7, 11) is 4.56. The van der Waals surface area contributed by atoms with Crippen LogP contribution in [0.3, 0.4) is 0 Å². The molecule has 0 saturated carbocycles. The average Bonchev–Trinajstić information content (AvgIpc) is 2.64. The van der Waals surface area contributed by atoms with Gasteiger partial charge in [0.25, 0.3) is 0 Å². The maximum atomic E-state index is 2.30. The number of rotatable bonds is 17. The van der Waals surface area contributed by atoms with Crippen molar-refractivity contribution in [1.29, 1.82) is 0 Å². The van der Waals surface area contributed by atoms with Gasteiger partial charge in [0.2, 0.25) is 0 Å². The monoisotopic (exact) mass is 439 g/mol. The molecule has 2 heteroatoms. The first-order chi connectivity index (χ1) is 12.7. The summed E-state index contributed by atoms with van der Waals surface area (Å²) in [5.41, 5.74) is 1.52. The first-order valence-corrected chi connectivity index (χ1v) is 11.5. The number of quaternary nitrogens is 1. The van der Waals surface area contributed by atoms with Crippen molar-refractivity contribution in [3.05, 3.63) is 35.9 Å². The Bertz CT molecular complexity index is 404. The van der Waals surface area contributed by atoms with Gasteiger partial charge in [-0.3, -0.25) is 0 Å². The van der Waals surface area contributed by atoms with E-state index in [2.05, 4.69) is 51.4 Å². The molecule has 1 atom stereocenters. The second-order valence-corrected chi connectivity index (χ2v) is 8.63. The second kappa shape index (κ2) is 19.0. The van der Waals surface area contributed by atoms with Gasteiger partial charge in [0.05, 0.1) is 20.6 Å². The molecule has 1 N–H and O–H groups in total. The van der Waals surface area contributed by atoms with Gasteiger partial charge in [-0.2, -0.15) is 0 Å². The standard InChI is InChI=1S/C25H45N.BrH/c1-4-5-6-7-8-9-10-11-12-13-15-20-25(21-22-26(2)3)23-24-18-16-14-17-19-24;/h14,16-19,25H,4-13,15,20-23H2,1-3H3;1H. The summed E-state index contributed by atoms with van der Waals surface area (Å²) in [4.78, 5) is 1.59. The Morgan fingerprint density at radius 1 is 0.704 bits per heavy atom. The van der Waals surface area contributed by atoms with Crippen LogP contribution in [0.5, 0.6) is 0 Å². The van der Waals surface area contributed by atoms with Crippen LogP contribution in [0, 0.1) is 5.92 Å². The van der Waals surface area contributed by atoms with E-state index in [9.17, 15) is 0 Å². The molecule has 0 aliphatic heterocycles. The summed E-state index contributed by atoms with van der Waals surface area (Å²) in [6.07, 6.45) is 19.9. The van der Waals surface area contributed by atoms with Crippen LogP contribution in [0.1, 0.15) is 96.0 Å². The molecule has 1 unspecified atom stereocenters. The molecule has 0 aromatic heterocycles. The van der Waals surface area contributed by atoms with Gasteiger partial charge >= 0.3 is 0 Å². The lowest BCUT2D eigenvalue weighted by Gasteiger charge is -2.18. The Kier molecular flexibility index (Phi) is 18.8. The highest BCUT2D eigenvalue weighted by atomic mass is 79.9. The Morgan fingerprint density at radius 3 is 1.74 bits per heavy atom. The van der Waals surface area contributed by atoms with E-state index < -0.39 is 0 Å². The number of halogens is 1. The molecule has 0 bridgehead atoms. The van der Waals surface area contributed by atoms with Crippen molar-refractivity contribution in [3.8, 4) is 0 Å². The molecule has 0 heterocycles. The van der Waals surface area contributed by atoms with Gasteiger partial charge in [-0.15, -0.1) is 0 Å². The van der Waals surface area contributed by atoms with Crippen LogP contribution < -0.4 is 21.9 Å². The van der Waals surface area contributed by atoms with Crippen LogP contribution in [-0.2, 0) is 6.42 Å². The minimum atomic E-state index is 0. The number of nitrogens with one attached hydrogen (secondary N) is 1. The van der Waals surface area contributed by atoms with Gasteiger partial charge in [0, 0.05) is 0 Å². The van der Waals surface area contributed by atoms with Crippen molar-refractivity contribution >= 4 is 0 Å². The predicted octanol–water partition coefficient (Wildman–Crippen LogP) is 3.09. The maximum absolute atomic E-state index is 2.30. The third-order valence-electron chi connectivity index (χ3n) is 5.64. The Balaban J connectivity index is 0.00000676. The second-order valence-electron chi connectivity index (χ2n) is 8.63. The number of benzene rings is 1. The molecule has 27 heavy (non-hydrogen) atoms. The lowest BCUT2D eigenvalue weighted by Crippen LogP contribution is -3.05. The summed E-state index contributed by atoms with van der Waals surface area (Å²) >= 11 is 0. The summed E-state index contributed by atoms with van der Waals surface area (Å²) in [6, 6.07) is 11.1. The van der Waals surface area contributed by atoms with E-state index in [-0.39, 0.29) is 17.0 Å². The molecular formula is C25H46BrN. The fraction of sp³-hybridized carbons (Fsp3) is 0.760. The highest BCUT2D eigenvalue weighted by Crippen LogP contribution is 2.20. The van der Waals surface area contributed by atoms with Gasteiger partial charge in [0.15, 0.2) is 0 Å². The van der Waals surface area contributed by atoms with Gasteiger partial charge in [-0.1, -0.05) is 108 Å². The molecule has 1 aromatic carbocycles. The van der Waals surface area contributed by atoms with E-state index in [1.165, 1.54) is 102 Å². The van der Waals surface area contributed by atoms with Crippen molar-refractivity contribution in [2.75, 3.05) is 20.6 Å². The Hall–Kier alpha value is -0.340. The zero-order valence-electron chi connectivity index (χ0n) is 18.4. The first-order valence-electron chi connectivity index (χ1n) is 11.5. The van der Waals surface area contributed by atoms with Gasteiger partial charge in [0.1, 0.15) is 0 Å². The van der Waals surface area contributed by atoms with E-state index in [1.807, 2.05) is 0 Å². The quantitative estimate of drug-likeness (QED) is 0.355. The average molecular weight is 441 g/mol. The van der Waals surface area contributed by atoms with E-state index in [4.69, 9.17) is 0 Å². The fourth-order valence-electron chi connectivity index (χ4n) is 3.89. The molecule has 0 amide bonds. The third-order valence-corrected chi connectivity index (χ3v) is 5.64. The number of hydrogen-bond donors (Lipinski definition) is 1. The third kappa shape index (κ3) is 16.3. The van der Waals surface area contributed by atoms with E-state index in [1.54, 1.807) is 4.90 Å². The molecule has 0 spiro atoms. The maximum Gasteiger partial charge on any atom is 0.0769 e. The zero-order chi connectivity index (χ0) is 18.9. The van der Waals surface area contributed by atoms with Crippen molar-refractivity contribution < 1.29 is 21.9 Å². The largest absolute Gasteiger partial charge is 1.00 e. The Morgan fingerprint density at radius 2 is 1.22 bits per heavy atom. The molecular weight excluding hydrogens is 394 g/mol. The summed E-state index contributed by atoms with van der Waals surface area (Å²) in [5, 5.41) is 0. The van der Waals surface area contributed by atoms with Crippen LogP contribution in [0.15, 0.2) is 30.3 Å². The fourth-order valence-corrected chi connectivity index (χ4v) is 3.89. The minimum Gasteiger partial charge on any atom is -1.00 e. The summed E-state index contributed by atoms with van der Waals surface area (Å²) < 4.78 is 0. The molecule has 0 radical (unpaired) electrons. The number of hydrogen-bond acceptors (Lipinski definition) is 0. The molecule has 0 saturated heterocycles. The highest BCUT2D eigenvalue weighted by molar-refractivity contribution is 5.15.